The minimum atomic E-state index is 0.363. The molecule has 0 aliphatic heterocycles. The summed E-state index contributed by atoms with van der Waals surface area (Å²) in [5.41, 5.74) is 6.89. The number of nitrogens with zero attached hydrogens (tertiary/aromatic N) is 5. The van der Waals surface area contributed by atoms with Gasteiger partial charge in [-0.1, -0.05) is 5.21 Å². The third-order valence-corrected chi connectivity index (χ3v) is 4.17. The summed E-state index contributed by atoms with van der Waals surface area (Å²) in [5, 5.41) is 8.27. The van der Waals surface area contributed by atoms with Crippen LogP contribution in [0.25, 0.3) is 0 Å². The largest absolute Gasteiger partial charge is 0.329 e. The summed E-state index contributed by atoms with van der Waals surface area (Å²) in [7, 11) is 6.53. The maximum atomic E-state index is 5.51. The molecule has 0 amide bonds. The Morgan fingerprint density at radius 2 is 2.11 bits per heavy atom. The highest BCUT2D eigenvalue weighted by Gasteiger charge is 2.39. The van der Waals surface area contributed by atoms with E-state index >= 15 is 0 Å². The topological polar surface area (TPSA) is 63.2 Å². The van der Waals surface area contributed by atoms with E-state index in [1.54, 1.807) is 0 Å². The molecule has 2 N–H and O–H groups in total. The van der Waals surface area contributed by atoms with Crippen molar-refractivity contribution in [2.24, 2.45) is 5.73 Å². The van der Waals surface area contributed by atoms with Crippen molar-refractivity contribution in [1.82, 2.24) is 24.8 Å². The van der Waals surface area contributed by atoms with E-state index in [0.717, 1.165) is 25.3 Å². The van der Waals surface area contributed by atoms with Gasteiger partial charge in [-0.3, -0.25) is 9.58 Å². The average molecular weight is 266 g/mol. The number of hydrogen-bond donors (Lipinski definition) is 1. The first-order valence-corrected chi connectivity index (χ1v) is 7.01. The van der Waals surface area contributed by atoms with Crippen molar-refractivity contribution < 1.29 is 0 Å². The monoisotopic (exact) mass is 266 g/mol. The Hall–Kier alpha value is -0.980. The molecule has 6 heteroatoms. The molecule has 1 heterocycles. The average Bonchev–Trinajstić information content (AvgIpc) is 2.71. The smallest absolute Gasteiger partial charge is 0.0967 e. The van der Waals surface area contributed by atoms with E-state index in [1.807, 2.05) is 10.9 Å². The molecule has 0 bridgehead atoms. The molecule has 1 saturated carbocycles. The van der Waals surface area contributed by atoms with Gasteiger partial charge >= 0.3 is 0 Å². The molecule has 0 spiro atoms. The lowest BCUT2D eigenvalue weighted by Crippen LogP contribution is -2.56. The van der Waals surface area contributed by atoms with Crippen molar-refractivity contribution >= 4 is 0 Å². The fourth-order valence-corrected chi connectivity index (χ4v) is 2.82. The lowest BCUT2D eigenvalue weighted by atomic mass is 9.75. The van der Waals surface area contributed by atoms with Crippen LogP contribution in [0.15, 0.2) is 6.20 Å². The highest BCUT2D eigenvalue weighted by molar-refractivity contribution is 4.99. The van der Waals surface area contributed by atoms with Crippen LogP contribution in [-0.2, 0) is 13.1 Å². The molecule has 1 aliphatic carbocycles. The first kappa shape index (κ1) is 14.4. The van der Waals surface area contributed by atoms with E-state index < -0.39 is 0 Å². The van der Waals surface area contributed by atoms with E-state index in [-0.39, 0.29) is 0 Å². The Kier molecular flexibility index (Phi) is 4.54. The third-order valence-electron chi connectivity index (χ3n) is 4.17. The summed E-state index contributed by atoms with van der Waals surface area (Å²) in [6.45, 7) is 3.27. The van der Waals surface area contributed by atoms with Gasteiger partial charge < -0.3 is 10.6 Å². The van der Waals surface area contributed by atoms with Crippen molar-refractivity contribution in [2.45, 2.75) is 37.9 Å². The Morgan fingerprint density at radius 1 is 1.37 bits per heavy atom. The van der Waals surface area contributed by atoms with Gasteiger partial charge in [0, 0.05) is 31.4 Å². The lowest BCUT2D eigenvalue weighted by molar-refractivity contribution is 0.0256. The van der Waals surface area contributed by atoms with Crippen molar-refractivity contribution in [1.29, 1.82) is 0 Å². The molecule has 0 unspecified atom stereocenters. The standard InChI is InChI=1S/C13H26N6/c1-17(2)13(5-4-6-13)11-18(3)9-12-10-19(8-7-14)16-15-12/h10H,4-9,11,14H2,1-3H3. The van der Waals surface area contributed by atoms with Crippen LogP contribution in [0.5, 0.6) is 0 Å². The molecule has 0 radical (unpaired) electrons. The molecular weight excluding hydrogens is 240 g/mol. The molecule has 6 nitrogen and oxygen atoms in total. The third kappa shape index (κ3) is 3.32. The van der Waals surface area contributed by atoms with Gasteiger partial charge in [-0.25, -0.2) is 0 Å². The quantitative estimate of drug-likeness (QED) is 0.761. The first-order valence-electron chi connectivity index (χ1n) is 7.01. The fraction of sp³-hybridized carbons (Fsp3) is 0.846. The number of rotatable bonds is 7. The molecule has 0 saturated heterocycles. The normalized spacial score (nSPS) is 18.0. The molecule has 19 heavy (non-hydrogen) atoms. The minimum absolute atomic E-state index is 0.363. The summed E-state index contributed by atoms with van der Waals surface area (Å²) in [6.07, 6.45) is 5.93. The lowest BCUT2D eigenvalue weighted by Gasteiger charge is -2.49. The van der Waals surface area contributed by atoms with E-state index in [2.05, 4.69) is 41.3 Å². The van der Waals surface area contributed by atoms with Crippen LogP contribution < -0.4 is 5.73 Å². The van der Waals surface area contributed by atoms with Crippen LogP contribution in [0.3, 0.4) is 0 Å². The number of aromatic nitrogens is 3. The first-order chi connectivity index (χ1) is 9.05. The van der Waals surface area contributed by atoms with Gasteiger partial charge in [-0.15, -0.1) is 5.10 Å². The van der Waals surface area contributed by atoms with Gasteiger partial charge in [0.25, 0.3) is 0 Å². The van der Waals surface area contributed by atoms with Gasteiger partial charge in [-0.2, -0.15) is 0 Å². The molecule has 1 aromatic heterocycles. The zero-order chi connectivity index (χ0) is 13.9. The molecule has 0 aromatic carbocycles. The van der Waals surface area contributed by atoms with Gasteiger partial charge in [-0.05, 0) is 40.4 Å². The second kappa shape index (κ2) is 5.98. The highest BCUT2D eigenvalue weighted by atomic mass is 15.4. The number of hydrogen-bond acceptors (Lipinski definition) is 5. The predicted molar refractivity (Wildman–Crippen MR) is 75.7 cm³/mol. The maximum absolute atomic E-state index is 5.51. The highest BCUT2D eigenvalue weighted by Crippen LogP contribution is 2.36. The molecule has 1 fully saturated rings. The van der Waals surface area contributed by atoms with E-state index in [4.69, 9.17) is 5.73 Å². The molecule has 108 valence electrons. The van der Waals surface area contributed by atoms with Gasteiger partial charge in [0.1, 0.15) is 0 Å². The Balaban J connectivity index is 1.87. The maximum Gasteiger partial charge on any atom is 0.0967 e. The zero-order valence-electron chi connectivity index (χ0n) is 12.3. The Bertz CT molecular complexity index is 396. The Morgan fingerprint density at radius 3 is 2.63 bits per heavy atom. The number of nitrogens with two attached hydrogens (primary N) is 1. The Labute approximate surface area is 115 Å². The zero-order valence-corrected chi connectivity index (χ0v) is 12.3. The summed E-state index contributed by atoms with van der Waals surface area (Å²) < 4.78 is 1.81. The van der Waals surface area contributed by atoms with E-state index in [9.17, 15) is 0 Å². The second-order valence-corrected chi connectivity index (χ2v) is 5.91. The summed E-state index contributed by atoms with van der Waals surface area (Å²) in [6, 6.07) is 0. The van der Waals surface area contributed by atoms with Crippen LogP contribution in [0.2, 0.25) is 0 Å². The van der Waals surface area contributed by atoms with Crippen molar-refractivity contribution in [3.8, 4) is 0 Å². The van der Waals surface area contributed by atoms with Crippen LogP contribution >= 0.6 is 0 Å². The second-order valence-electron chi connectivity index (χ2n) is 5.91. The molecule has 2 rings (SSSR count). The summed E-state index contributed by atoms with van der Waals surface area (Å²) in [5.74, 6) is 0. The number of likely N-dealkylation sites (N-methyl/N-ethyl adjacent to an activating group) is 2. The predicted octanol–water partition coefficient (Wildman–Crippen LogP) is 0.153. The van der Waals surface area contributed by atoms with Crippen LogP contribution in [-0.4, -0.2) is 64.6 Å². The summed E-state index contributed by atoms with van der Waals surface area (Å²) in [4.78, 5) is 4.72. The van der Waals surface area contributed by atoms with Crippen LogP contribution in [0, 0.1) is 0 Å². The van der Waals surface area contributed by atoms with Gasteiger partial charge in [0.2, 0.25) is 0 Å². The van der Waals surface area contributed by atoms with Crippen LogP contribution in [0.1, 0.15) is 25.0 Å². The van der Waals surface area contributed by atoms with Crippen molar-refractivity contribution in [2.75, 3.05) is 34.2 Å². The van der Waals surface area contributed by atoms with Crippen molar-refractivity contribution in [3.63, 3.8) is 0 Å². The molecule has 0 atom stereocenters. The molecule has 1 aromatic rings. The minimum Gasteiger partial charge on any atom is -0.329 e. The molecular formula is C13H26N6. The SMILES string of the molecule is CN(Cc1cn(CCN)nn1)CC1(N(C)C)CCC1. The summed E-state index contributed by atoms with van der Waals surface area (Å²) >= 11 is 0. The van der Waals surface area contributed by atoms with Gasteiger partial charge in [0.05, 0.1) is 12.2 Å². The van der Waals surface area contributed by atoms with Crippen molar-refractivity contribution in [3.05, 3.63) is 11.9 Å². The molecule has 1 aliphatic rings. The van der Waals surface area contributed by atoms with Gasteiger partial charge in [0.15, 0.2) is 0 Å². The van der Waals surface area contributed by atoms with E-state index in [0.29, 0.717) is 12.1 Å². The van der Waals surface area contributed by atoms with Crippen LogP contribution in [0.4, 0.5) is 0 Å². The fourth-order valence-electron chi connectivity index (χ4n) is 2.82. The van der Waals surface area contributed by atoms with E-state index in [1.165, 1.54) is 19.3 Å².